The normalized spacial score (nSPS) is 14.4. The van der Waals surface area contributed by atoms with Gasteiger partial charge in [0.25, 0.3) is 0 Å². The van der Waals surface area contributed by atoms with Crippen LogP contribution < -0.4 is 5.32 Å². The van der Waals surface area contributed by atoms with E-state index in [-0.39, 0.29) is 12.1 Å². The summed E-state index contributed by atoms with van der Waals surface area (Å²) in [5.74, 6) is 1.05. The van der Waals surface area contributed by atoms with Gasteiger partial charge in [0.15, 0.2) is 0 Å². The summed E-state index contributed by atoms with van der Waals surface area (Å²) in [5.41, 5.74) is 1.26. The van der Waals surface area contributed by atoms with Crippen molar-refractivity contribution in [2.45, 2.75) is 25.9 Å². The van der Waals surface area contributed by atoms with Gasteiger partial charge in [0.2, 0.25) is 0 Å². The number of nitrogens with zero attached hydrogens (tertiary/aromatic N) is 2. The van der Waals surface area contributed by atoms with Gasteiger partial charge in [0, 0.05) is 30.0 Å². The van der Waals surface area contributed by atoms with Crippen molar-refractivity contribution in [1.82, 2.24) is 14.9 Å². The zero-order chi connectivity index (χ0) is 13.1. The molecule has 0 spiro atoms. The summed E-state index contributed by atoms with van der Waals surface area (Å²) in [7, 11) is 2.02. The Hall–Kier alpha value is -1.13. The molecule has 0 amide bonds. The van der Waals surface area contributed by atoms with Gasteiger partial charge >= 0.3 is 0 Å². The van der Waals surface area contributed by atoms with E-state index in [1.807, 2.05) is 30.1 Å². The van der Waals surface area contributed by atoms with Crippen molar-refractivity contribution >= 4 is 15.9 Å². The Morgan fingerprint density at radius 1 is 1.22 bits per heavy atom. The van der Waals surface area contributed by atoms with Gasteiger partial charge in [-0.2, -0.15) is 0 Å². The molecule has 0 aliphatic rings. The van der Waals surface area contributed by atoms with Gasteiger partial charge in [-0.1, -0.05) is 34.1 Å². The fourth-order valence-corrected chi connectivity index (χ4v) is 2.79. The Kier molecular flexibility index (Phi) is 4.19. The molecule has 1 aromatic heterocycles. The molecule has 1 aromatic carbocycles. The molecule has 0 aliphatic heterocycles. The van der Waals surface area contributed by atoms with Crippen molar-refractivity contribution in [3.05, 3.63) is 52.5 Å². The Balaban J connectivity index is 2.11. The van der Waals surface area contributed by atoms with Crippen molar-refractivity contribution in [1.29, 1.82) is 0 Å². The molecule has 0 radical (unpaired) electrons. The second kappa shape index (κ2) is 5.67. The van der Waals surface area contributed by atoms with E-state index in [4.69, 9.17) is 0 Å². The van der Waals surface area contributed by atoms with Gasteiger partial charge < -0.3 is 9.88 Å². The number of hydrogen-bond acceptors (Lipinski definition) is 2. The summed E-state index contributed by atoms with van der Waals surface area (Å²) >= 11 is 3.59. The van der Waals surface area contributed by atoms with Gasteiger partial charge in [-0.15, -0.1) is 0 Å². The molecule has 0 unspecified atom stereocenters. The van der Waals surface area contributed by atoms with Gasteiger partial charge in [0.1, 0.15) is 5.82 Å². The average molecular weight is 308 g/mol. The fourth-order valence-electron chi connectivity index (χ4n) is 2.16. The van der Waals surface area contributed by atoms with Crippen LogP contribution in [0.1, 0.15) is 37.3 Å². The Labute approximate surface area is 116 Å². The number of rotatable bonds is 4. The van der Waals surface area contributed by atoms with Crippen LogP contribution in [0.4, 0.5) is 0 Å². The lowest BCUT2D eigenvalue weighted by molar-refractivity contribution is 0.466. The van der Waals surface area contributed by atoms with Crippen molar-refractivity contribution in [2.24, 2.45) is 7.05 Å². The van der Waals surface area contributed by atoms with Crippen molar-refractivity contribution < 1.29 is 0 Å². The van der Waals surface area contributed by atoms with Crippen molar-refractivity contribution in [2.75, 3.05) is 0 Å². The molecule has 2 rings (SSSR count). The van der Waals surface area contributed by atoms with Crippen molar-refractivity contribution in [3.8, 4) is 0 Å². The number of aryl methyl sites for hydroxylation is 1. The molecular formula is C14H18BrN3. The first kappa shape index (κ1) is 13.3. The Morgan fingerprint density at radius 3 is 2.56 bits per heavy atom. The van der Waals surface area contributed by atoms with Crippen LogP contribution >= 0.6 is 15.9 Å². The van der Waals surface area contributed by atoms with E-state index >= 15 is 0 Å². The summed E-state index contributed by atoms with van der Waals surface area (Å²) in [6, 6.07) is 8.78. The second-order valence-corrected chi connectivity index (χ2v) is 5.38. The highest BCUT2D eigenvalue weighted by Gasteiger charge is 2.15. The van der Waals surface area contributed by atoms with Crippen LogP contribution in [0, 0.1) is 0 Å². The summed E-state index contributed by atoms with van der Waals surface area (Å²) in [5, 5.41) is 3.57. The summed E-state index contributed by atoms with van der Waals surface area (Å²) in [6.45, 7) is 4.30. The predicted octanol–water partition coefficient (Wildman–Crippen LogP) is 3.59. The number of hydrogen-bond donors (Lipinski definition) is 1. The number of imidazole rings is 1. The quantitative estimate of drug-likeness (QED) is 0.935. The summed E-state index contributed by atoms with van der Waals surface area (Å²) in [4.78, 5) is 4.37. The largest absolute Gasteiger partial charge is 0.337 e. The van der Waals surface area contributed by atoms with E-state index in [0.29, 0.717) is 0 Å². The molecule has 3 nitrogen and oxygen atoms in total. The zero-order valence-electron chi connectivity index (χ0n) is 10.9. The van der Waals surface area contributed by atoms with Crippen molar-refractivity contribution in [3.63, 3.8) is 0 Å². The van der Waals surface area contributed by atoms with E-state index in [9.17, 15) is 0 Å². The maximum Gasteiger partial charge on any atom is 0.125 e. The van der Waals surface area contributed by atoms with Crippen LogP contribution in [0.5, 0.6) is 0 Å². The van der Waals surface area contributed by atoms with Crippen LogP contribution in [0.3, 0.4) is 0 Å². The maximum atomic E-state index is 4.37. The third-order valence-electron chi connectivity index (χ3n) is 3.12. The lowest BCUT2D eigenvalue weighted by Crippen LogP contribution is -2.24. The van der Waals surface area contributed by atoms with Crippen LogP contribution in [-0.4, -0.2) is 9.55 Å². The van der Waals surface area contributed by atoms with Gasteiger partial charge in [-0.3, -0.25) is 0 Å². The predicted molar refractivity (Wildman–Crippen MR) is 77.3 cm³/mol. The van der Waals surface area contributed by atoms with Crippen LogP contribution in [0.2, 0.25) is 0 Å². The minimum Gasteiger partial charge on any atom is -0.337 e. The van der Waals surface area contributed by atoms with Gasteiger partial charge in [-0.05, 0) is 25.5 Å². The third-order valence-corrected chi connectivity index (χ3v) is 3.84. The molecule has 0 fully saturated rings. The van der Waals surface area contributed by atoms with E-state index < -0.39 is 0 Å². The Morgan fingerprint density at radius 2 is 1.94 bits per heavy atom. The topological polar surface area (TPSA) is 29.9 Å². The number of benzene rings is 1. The second-order valence-electron chi connectivity index (χ2n) is 4.53. The third kappa shape index (κ3) is 2.82. The molecule has 1 heterocycles. The molecular weight excluding hydrogens is 290 g/mol. The first-order valence-electron chi connectivity index (χ1n) is 6.07. The summed E-state index contributed by atoms with van der Waals surface area (Å²) in [6.07, 6.45) is 3.80. The molecule has 0 aliphatic carbocycles. The van der Waals surface area contributed by atoms with E-state index in [1.54, 1.807) is 0 Å². The fraction of sp³-hybridized carbons (Fsp3) is 0.357. The lowest BCUT2D eigenvalue weighted by Gasteiger charge is -2.21. The molecule has 4 heteroatoms. The molecule has 2 aromatic rings. The molecule has 1 N–H and O–H groups in total. The minimum absolute atomic E-state index is 0.215. The highest BCUT2D eigenvalue weighted by Crippen LogP contribution is 2.24. The van der Waals surface area contributed by atoms with Crippen LogP contribution in [0.15, 0.2) is 41.1 Å². The minimum atomic E-state index is 0.215. The highest BCUT2D eigenvalue weighted by atomic mass is 79.9. The smallest absolute Gasteiger partial charge is 0.125 e. The highest BCUT2D eigenvalue weighted by molar-refractivity contribution is 9.10. The average Bonchev–Trinajstić information content (AvgIpc) is 2.76. The van der Waals surface area contributed by atoms with Crippen LogP contribution in [-0.2, 0) is 7.05 Å². The standard InChI is InChI=1S/C14H18BrN3/c1-10(12-6-4-5-7-13(12)15)17-11(2)14-16-8-9-18(14)3/h4-11,17H,1-3H3/t10-,11+/m1/s1. The zero-order valence-corrected chi connectivity index (χ0v) is 12.5. The molecule has 0 bridgehead atoms. The van der Waals surface area contributed by atoms with Gasteiger partial charge in [-0.25, -0.2) is 4.98 Å². The Bertz CT molecular complexity index is 521. The van der Waals surface area contributed by atoms with E-state index in [1.165, 1.54) is 5.56 Å². The molecule has 18 heavy (non-hydrogen) atoms. The first-order chi connectivity index (χ1) is 8.59. The van der Waals surface area contributed by atoms with E-state index in [0.717, 1.165) is 10.3 Å². The summed E-state index contributed by atoms with van der Waals surface area (Å²) < 4.78 is 3.18. The molecule has 2 atom stereocenters. The number of aromatic nitrogens is 2. The monoisotopic (exact) mass is 307 g/mol. The lowest BCUT2D eigenvalue weighted by atomic mass is 10.1. The van der Waals surface area contributed by atoms with Crippen LogP contribution in [0.25, 0.3) is 0 Å². The molecule has 96 valence electrons. The number of halogens is 1. The number of nitrogens with one attached hydrogen (secondary N) is 1. The maximum absolute atomic E-state index is 4.37. The first-order valence-corrected chi connectivity index (χ1v) is 6.86. The molecule has 0 saturated heterocycles. The van der Waals surface area contributed by atoms with E-state index in [2.05, 4.69) is 58.3 Å². The van der Waals surface area contributed by atoms with Gasteiger partial charge in [0.05, 0.1) is 6.04 Å². The molecule has 0 saturated carbocycles. The SMILES string of the molecule is C[C@H](N[C@H](C)c1ccccc1Br)c1nccn1C.